The summed E-state index contributed by atoms with van der Waals surface area (Å²) in [4.78, 5) is 3.68. The van der Waals surface area contributed by atoms with Gasteiger partial charge in [0.2, 0.25) is 0 Å². The Labute approximate surface area is 106 Å². The lowest BCUT2D eigenvalue weighted by atomic mass is 9.84. The quantitative estimate of drug-likeness (QED) is 0.902. The molecular formula is C13H19F3N2. The molecule has 0 aliphatic carbocycles. The molecule has 0 spiro atoms. The number of halogens is 3. The van der Waals surface area contributed by atoms with E-state index in [0.717, 1.165) is 6.07 Å². The number of hydrogen-bond donors (Lipinski definition) is 1. The second-order valence-corrected chi connectivity index (χ2v) is 5.42. The van der Waals surface area contributed by atoms with Gasteiger partial charge in [-0.05, 0) is 24.6 Å². The number of hydrogen-bond acceptors (Lipinski definition) is 2. The van der Waals surface area contributed by atoms with Crippen molar-refractivity contribution in [2.24, 2.45) is 5.41 Å². The average molecular weight is 260 g/mol. The molecular weight excluding hydrogens is 241 g/mol. The topological polar surface area (TPSA) is 24.9 Å². The van der Waals surface area contributed by atoms with Gasteiger partial charge >= 0.3 is 6.18 Å². The van der Waals surface area contributed by atoms with Gasteiger partial charge < -0.3 is 5.32 Å². The van der Waals surface area contributed by atoms with Gasteiger partial charge in [-0.25, -0.2) is 4.98 Å². The Morgan fingerprint density at radius 3 is 2.28 bits per heavy atom. The summed E-state index contributed by atoms with van der Waals surface area (Å²) < 4.78 is 37.6. The fourth-order valence-electron chi connectivity index (χ4n) is 1.80. The van der Waals surface area contributed by atoms with E-state index < -0.39 is 11.9 Å². The lowest BCUT2D eigenvalue weighted by Crippen LogP contribution is -2.40. The van der Waals surface area contributed by atoms with E-state index in [1.165, 1.54) is 6.07 Å². The summed E-state index contributed by atoms with van der Waals surface area (Å²) in [6.45, 7) is 6.13. The molecule has 1 aromatic heterocycles. The van der Waals surface area contributed by atoms with Gasteiger partial charge in [-0.1, -0.05) is 26.8 Å². The van der Waals surface area contributed by atoms with E-state index in [1.54, 1.807) is 6.07 Å². The third-order valence-corrected chi connectivity index (χ3v) is 2.90. The van der Waals surface area contributed by atoms with Crippen LogP contribution in [0.4, 0.5) is 13.2 Å². The highest BCUT2D eigenvalue weighted by molar-refractivity contribution is 5.15. The smallest absolute Gasteiger partial charge is 0.316 e. The van der Waals surface area contributed by atoms with Crippen LogP contribution >= 0.6 is 0 Å². The number of pyridine rings is 1. The Morgan fingerprint density at radius 2 is 1.83 bits per heavy atom. The van der Waals surface area contributed by atoms with Crippen molar-refractivity contribution in [1.82, 2.24) is 10.3 Å². The largest absolute Gasteiger partial charge is 0.433 e. The molecule has 1 rings (SSSR count). The van der Waals surface area contributed by atoms with Crippen molar-refractivity contribution in [1.29, 1.82) is 0 Å². The van der Waals surface area contributed by atoms with Crippen LogP contribution in [0.1, 0.15) is 32.2 Å². The molecule has 1 heterocycles. The maximum absolute atomic E-state index is 12.5. The van der Waals surface area contributed by atoms with E-state index in [1.807, 2.05) is 27.8 Å². The predicted molar refractivity (Wildman–Crippen MR) is 65.2 cm³/mol. The van der Waals surface area contributed by atoms with Crippen LogP contribution in [0.15, 0.2) is 18.2 Å². The molecule has 0 aliphatic rings. The standard InChI is InChI=1S/C13H19F3N2/c1-12(2,3)11(17-4)8-9-6-5-7-10(18-9)13(14,15)16/h5-7,11,17H,8H2,1-4H3. The third kappa shape index (κ3) is 3.98. The van der Waals surface area contributed by atoms with Crippen molar-refractivity contribution >= 4 is 0 Å². The number of rotatable bonds is 3. The van der Waals surface area contributed by atoms with Crippen LogP contribution in [-0.2, 0) is 12.6 Å². The number of alkyl halides is 3. The number of aromatic nitrogens is 1. The van der Waals surface area contributed by atoms with Crippen LogP contribution in [0.2, 0.25) is 0 Å². The Bertz CT molecular complexity index is 394. The van der Waals surface area contributed by atoms with Gasteiger partial charge in [0.05, 0.1) is 0 Å². The van der Waals surface area contributed by atoms with Crippen molar-refractivity contribution in [2.75, 3.05) is 7.05 Å². The highest BCUT2D eigenvalue weighted by atomic mass is 19.4. The van der Waals surface area contributed by atoms with E-state index in [2.05, 4.69) is 10.3 Å². The second-order valence-electron chi connectivity index (χ2n) is 5.42. The van der Waals surface area contributed by atoms with Gasteiger partial charge in [-0.15, -0.1) is 0 Å². The summed E-state index contributed by atoms with van der Waals surface area (Å²) in [5.74, 6) is 0. The van der Waals surface area contributed by atoms with Crippen molar-refractivity contribution in [3.8, 4) is 0 Å². The highest BCUT2D eigenvalue weighted by Crippen LogP contribution is 2.28. The molecule has 0 aliphatic heterocycles. The fourth-order valence-corrected chi connectivity index (χ4v) is 1.80. The summed E-state index contributed by atoms with van der Waals surface area (Å²) >= 11 is 0. The summed E-state index contributed by atoms with van der Waals surface area (Å²) in [6, 6.07) is 4.11. The van der Waals surface area contributed by atoms with Crippen LogP contribution in [0.25, 0.3) is 0 Å². The molecule has 1 N–H and O–H groups in total. The molecule has 0 amide bonds. The van der Waals surface area contributed by atoms with Crippen molar-refractivity contribution in [2.45, 2.75) is 39.4 Å². The normalized spacial score (nSPS) is 14.6. The SMILES string of the molecule is CNC(Cc1cccc(C(F)(F)F)n1)C(C)(C)C. The Morgan fingerprint density at radius 1 is 1.22 bits per heavy atom. The molecule has 0 fully saturated rings. The fraction of sp³-hybridized carbons (Fsp3) is 0.615. The van der Waals surface area contributed by atoms with Gasteiger partial charge in [-0.2, -0.15) is 13.2 Å². The molecule has 0 radical (unpaired) electrons. The van der Waals surface area contributed by atoms with Crippen LogP contribution < -0.4 is 5.32 Å². The molecule has 0 bridgehead atoms. The molecule has 0 saturated heterocycles. The Hall–Kier alpha value is -1.10. The van der Waals surface area contributed by atoms with E-state index in [4.69, 9.17) is 0 Å². The first-order valence-corrected chi connectivity index (χ1v) is 5.85. The number of nitrogens with zero attached hydrogens (tertiary/aromatic N) is 1. The van der Waals surface area contributed by atoms with Crippen molar-refractivity contribution in [3.63, 3.8) is 0 Å². The molecule has 5 heteroatoms. The maximum atomic E-state index is 12.5. The van der Waals surface area contributed by atoms with Gasteiger partial charge in [0.25, 0.3) is 0 Å². The Balaban J connectivity index is 2.92. The molecule has 102 valence electrons. The first kappa shape index (κ1) is 15.0. The van der Waals surface area contributed by atoms with Crippen molar-refractivity contribution in [3.05, 3.63) is 29.6 Å². The maximum Gasteiger partial charge on any atom is 0.433 e. The Kier molecular flexibility index (Phi) is 4.37. The summed E-state index contributed by atoms with van der Waals surface area (Å²) in [5.41, 5.74) is -0.409. The van der Waals surface area contributed by atoms with Crippen LogP contribution in [0.3, 0.4) is 0 Å². The summed E-state index contributed by atoms with van der Waals surface area (Å²) in [6.07, 6.45) is -3.91. The molecule has 1 aromatic rings. The molecule has 18 heavy (non-hydrogen) atoms. The summed E-state index contributed by atoms with van der Waals surface area (Å²) in [7, 11) is 1.81. The second kappa shape index (κ2) is 5.26. The number of nitrogens with one attached hydrogen (secondary N) is 1. The van der Waals surface area contributed by atoms with E-state index in [-0.39, 0.29) is 11.5 Å². The minimum Gasteiger partial charge on any atom is -0.316 e. The van der Waals surface area contributed by atoms with Gasteiger partial charge in [-0.3, -0.25) is 0 Å². The molecule has 1 unspecified atom stereocenters. The van der Waals surface area contributed by atoms with E-state index in [0.29, 0.717) is 12.1 Å². The lowest BCUT2D eigenvalue weighted by molar-refractivity contribution is -0.141. The highest BCUT2D eigenvalue weighted by Gasteiger charge is 2.33. The average Bonchev–Trinajstić information content (AvgIpc) is 2.23. The molecule has 0 saturated carbocycles. The monoisotopic (exact) mass is 260 g/mol. The van der Waals surface area contributed by atoms with E-state index >= 15 is 0 Å². The first-order chi connectivity index (χ1) is 8.14. The zero-order valence-electron chi connectivity index (χ0n) is 11.1. The lowest BCUT2D eigenvalue weighted by Gasteiger charge is -2.30. The van der Waals surface area contributed by atoms with Crippen molar-refractivity contribution < 1.29 is 13.2 Å². The van der Waals surface area contributed by atoms with E-state index in [9.17, 15) is 13.2 Å². The first-order valence-electron chi connectivity index (χ1n) is 5.85. The van der Waals surface area contributed by atoms with Crippen LogP contribution in [0, 0.1) is 5.41 Å². The predicted octanol–water partition coefficient (Wildman–Crippen LogP) is 3.28. The van der Waals surface area contributed by atoms with Crippen LogP contribution in [0.5, 0.6) is 0 Å². The number of likely N-dealkylation sites (N-methyl/N-ethyl adjacent to an activating group) is 1. The van der Waals surface area contributed by atoms with Gasteiger partial charge in [0.1, 0.15) is 5.69 Å². The summed E-state index contributed by atoms with van der Waals surface area (Å²) in [5, 5.41) is 3.13. The molecule has 2 nitrogen and oxygen atoms in total. The molecule has 1 atom stereocenters. The minimum absolute atomic E-state index is 0.0370. The van der Waals surface area contributed by atoms with Gasteiger partial charge in [0, 0.05) is 18.2 Å². The molecule has 0 aromatic carbocycles. The van der Waals surface area contributed by atoms with Gasteiger partial charge in [0.15, 0.2) is 0 Å². The minimum atomic E-state index is -4.38. The third-order valence-electron chi connectivity index (χ3n) is 2.90. The van der Waals surface area contributed by atoms with Crippen LogP contribution in [-0.4, -0.2) is 18.1 Å². The zero-order valence-corrected chi connectivity index (χ0v) is 11.1. The zero-order chi connectivity index (χ0) is 14.0.